The molecule has 2 atom stereocenters. The summed E-state index contributed by atoms with van der Waals surface area (Å²) in [6.45, 7) is 4.06. The molecule has 1 heterocycles. The van der Waals surface area contributed by atoms with Gasteiger partial charge in [-0.2, -0.15) is 0 Å². The first kappa shape index (κ1) is 13.6. The second-order valence-corrected chi connectivity index (χ2v) is 6.58. The van der Waals surface area contributed by atoms with Gasteiger partial charge in [-0.1, -0.05) is 13.0 Å². The van der Waals surface area contributed by atoms with Crippen LogP contribution in [-0.4, -0.2) is 10.2 Å². The van der Waals surface area contributed by atoms with Crippen LogP contribution in [0.2, 0.25) is 0 Å². The number of halogens is 1. The van der Waals surface area contributed by atoms with Crippen molar-refractivity contribution in [1.29, 1.82) is 0 Å². The topological polar surface area (TPSA) is 38.9 Å². The first-order chi connectivity index (χ1) is 9.67. The quantitative estimate of drug-likeness (QED) is 0.844. The Hall–Kier alpha value is -1.36. The number of aryl methyl sites for hydroxylation is 2. The van der Waals surface area contributed by atoms with E-state index in [-0.39, 0.29) is 11.1 Å². The van der Waals surface area contributed by atoms with Crippen LogP contribution in [0.25, 0.3) is 0 Å². The Morgan fingerprint density at radius 1 is 1.45 bits per heavy atom. The first-order valence-electron chi connectivity index (χ1n) is 6.93. The molecule has 3 rings (SSSR count). The Labute approximate surface area is 122 Å². The minimum atomic E-state index is -0.157. The van der Waals surface area contributed by atoms with E-state index < -0.39 is 0 Å². The third kappa shape index (κ3) is 2.59. The van der Waals surface area contributed by atoms with Crippen LogP contribution in [0.1, 0.15) is 53.7 Å². The fourth-order valence-electron chi connectivity index (χ4n) is 2.55. The Balaban J connectivity index is 1.75. The fourth-order valence-corrected chi connectivity index (χ4v) is 3.88. The van der Waals surface area contributed by atoms with E-state index in [2.05, 4.69) is 17.1 Å². The highest BCUT2D eigenvalue weighted by Gasteiger charge is 2.27. The van der Waals surface area contributed by atoms with Crippen LogP contribution < -0.4 is 0 Å². The first-order valence-corrected chi connectivity index (χ1v) is 7.87. The van der Waals surface area contributed by atoms with Gasteiger partial charge in [-0.05, 0) is 43.0 Å². The smallest absolute Gasteiger partial charge is 0.229 e. The minimum absolute atomic E-state index is 0.127. The van der Waals surface area contributed by atoms with E-state index >= 15 is 0 Å². The van der Waals surface area contributed by atoms with Gasteiger partial charge in [0.2, 0.25) is 11.8 Å². The van der Waals surface area contributed by atoms with Gasteiger partial charge < -0.3 is 4.42 Å². The van der Waals surface area contributed by atoms with Crippen LogP contribution >= 0.6 is 11.8 Å². The molecule has 20 heavy (non-hydrogen) atoms. The Bertz CT molecular complexity index is 614. The monoisotopic (exact) mass is 292 g/mol. The summed E-state index contributed by atoms with van der Waals surface area (Å²) < 4.78 is 19.0. The van der Waals surface area contributed by atoms with Gasteiger partial charge in [0.25, 0.3) is 0 Å². The number of hydrogen-bond donors (Lipinski definition) is 0. The SMILES string of the molecule is CCc1nnc([C@@H](C)S[C@H]2CCc3ccc(F)cc32)o1. The van der Waals surface area contributed by atoms with Crippen molar-refractivity contribution in [3.63, 3.8) is 0 Å². The Kier molecular flexibility index (Phi) is 3.78. The van der Waals surface area contributed by atoms with Crippen molar-refractivity contribution in [3.05, 3.63) is 46.9 Å². The van der Waals surface area contributed by atoms with Crippen molar-refractivity contribution in [2.24, 2.45) is 0 Å². The van der Waals surface area contributed by atoms with Gasteiger partial charge in [-0.15, -0.1) is 22.0 Å². The van der Waals surface area contributed by atoms with E-state index in [1.54, 1.807) is 23.9 Å². The number of nitrogens with zero attached hydrogens (tertiary/aromatic N) is 2. The molecular formula is C15H17FN2OS. The minimum Gasteiger partial charge on any atom is -0.424 e. The number of fused-ring (bicyclic) bond motifs is 1. The van der Waals surface area contributed by atoms with Gasteiger partial charge in [0, 0.05) is 11.7 Å². The van der Waals surface area contributed by atoms with E-state index in [0.717, 1.165) is 24.8 Å². The molecule has 0 radical (unpaired) electrons. The van der Waals surface area contributed by atoms with Crippen LogP contribution in [0.5, 0.6) is 0 Å². The van der Waals surface area contributed by atoms with E-state index in [9.17, 15) is 4.39 Å². The van der Waals surface area contributed by atoms with Gasteiger partial charge in [0.15, 0.2) is 0 Å². The van der Waals surface area contributed by atoms with Crippen LogP contribution in [0, 0.1) is 5.82 Å². The van der Waals surface area contributed by atoms with Gasteiger partial charge in [0.05, 0.1) is 5.25 Å². The standard InChI is InChI=1S/C15H17FN2OS/c1-3-14-17-18-15(19-14)9(2)20-13-7-5-10-4-6-11(16)8-12(10)13/h4,6,8-9,13H,3,5,7H2,1-2H3/t9-,13+/m1/s1. The predicted octanol–water partition coefficient (Wildman–Crippen LogP) is 4.25. The summed E-state index contributed by atoms with van der Waals surface area (Å²) in [4.78, 5) is 0. The van der Waals surface area contributed by atoms with Crippen molar-refractivity contribution < 1.29 is 8.81 Å². The molecule has 0 saturated heterocycles. The molecule has 1 aromatic carbocycles. The second-order valence-electron chi connectivity index (χ2n) is 5.04. The van der Waals surface area contributed by atoms with Crippen LogP contribution in [0.15, 0.2) is 22.6 Å². The zero-order valence-electron chi connectivity index (χ0n) is 11.6. The molecule has 1 aromatic heterocycles. The average Bonchev–Trinajstić information content (AvgIpc) is 3.06. The highest BCUT2D eigenvalue weighted by Crippen LogP contribution is 2.47. The molecule has 0 unspecified atom stereocenters. The molecule has 1 aliphatic carbocycles. The van der Waals surface area contributed by atoms with Gasteiger partial charge >= 0.3 is 0 Å². The molecule has 0 fully saturated rings. The lowest BCUT2D eigenvalue weighted by atomic mass is 10.1. The van der Waals surface area contributed by atoms with Crippen LogP contribution in [-0.2, 0) is 12.8 Å². The maximum Gasteiger partial charge on any atom is 0.229 e. The van der Waals surface area contributed by atoms with Crippen molar-refractivity contribution in [2.75, 3.05) is 0 Å². The summed E-state index contributed by atoms with van der Waals surface area (Å²) in [6, 6.07) is 5.11. The molecule has 5 heteroatoms. The maximum absolute atomic E-state index is 13.4. The summed E-state index contributed by atoms with van der Waals surface area (Å²) in [5.41, 5.74) is 2.38. The number of thioether (sulfide) groups is 1. The highest BCUT2D eigenvalue weighted by molar-refractivity contribution is 7.99. The highest BCUT2D eigenvalue weighted by atomic mass is 32.2. The molecule has 2 aromatic rings. The summed E-state index contributed by atoms with van der Waals surface area (Å²) in [5, 5.41) is 8.53. The zero-order chi connectivity index (χ0) is 14.1. The molecule has 106 valence electrons. The Morgan fingerprint density at radius 3 is 3.05 bits per heavy atom. The van der Waals surface area contributed by atoms with Crippen molar-refractivity contribution in [1.82, 2.24) is 10.2 Å². The molecule has 0 N–H and O–H groups in total. The lowest BCUT2D eigenvalue weighted by Gasteiger charge is -2.14. The van der Waals surface area contributed by atoms with Gasteiger partial charge in [0.1, 0.15) is 5.82 Å². The number of hydrogen-bond acceptors (Lipinski definition) is 4. The third-order valence-corrected chi connectivity index (χ3v) is 5.06. The van der Waals surface area contributed by atoms with Gasteiger partial charge in [-0.25, -0.2) is 4.39 Å². The zero-order valence-corrected chi connectivity index (χ0v) is 12.4. The summed E-state index contributed by atoms with van der Waals surface area (Å²) in [7, 11) is 0. The number of benzene rings is 1. The fraction of sp³-hybridized carbons (Fsp3) is 0.467. The second kappa shape index (κ2) is 5.56. The van der Waals surface area contributed by atoms with E-state index in [1.807, 2.05) is 13.0 Å². The summed E-state index contributed by atoms with van der Waals surface area (Å²) in [6.07, 6.45) is 2.81. The van der Waals surface area contributed by atoms with Crippen LogP contribution in [0.3, 0.4) is 0 Å². The van der Waals surface area contributed by atoms with Crippen molar-refractivity contribution in [3.8, 4) is 0 Å². The van der Waals surface area contributed by atoms with Crippen LogP contribution in [0.4, 0.5) is 4.39 Å². The van der Waals surface area contributed by atoms with E-state index in [0.29, 0.717) is 17.0 Å². The Morgan fingerprint density at radius 2 is 2.30 bits per heavy atom. The molecule has 0 spiro atoms. The number of aromatic nitrogens is 2. The van der Waals surface area contributed by atoms with Crippen molar-refractivity contribution in [2.45, 2.75) is 43.6 Å². The van der Waals surface area contributed by atoms with Gasteiger partial charge in [-0.3, -0.25) is 0 Å². The third-order valence-electron chi connectivity index (χ3n) is 3.63. The summed E-state index contributed by atoms with van der Waals surface area (Å²) >= 11 is 1.77. The van der Waals surface area contributed by atoms with E-state index in [4.69, 9.17) is 4.42 Å². The molecule has 1 aliphatic rings. The number of rotatable bonds is 4. The maximum atomic E-state index is 13.4. The normalized spacial score (nSPS) is 19.1. The predicted molar refractivity (Wildman–Crippen MR) is 77.1 cm³/mol. The molecular weight excluding hydrogens is 275 g/mol. The average molecular weight is 292 g/mol. The summed E-state index contributed by atoms with van der Waals surface area (Å²) in [5.74, 6) is 1.18. The lowest BCUT2D eigenvalue weighted by molar-refractivity contribution is 0.456. The largest absolute Gasteiger partial charge is 0.424 e. The molecule has 0 amide bonds. The van der Waals surface area contributed by atoms with E-state index in [1.165, 1.54) is 5.56 Å². The molecule has 0 bridgehead atoms. The molecule has 3 nitrogen and oxygen atoms in total. The van der Waals surface area contributed by atoms with Crippen molar-refractivity contribution >= 4 is 11.8 Å². The molecule has 0 aliphatic heterocycles. The molecule has 0 saturated carbocycles. The lowest BCUT2D eigenvalue weighted by Crippen LogP contribution is -1.95.